The van der Waals surface area contributed by atoms with Crippen molar-refractivity contribution in [3.05, 3.63) is 28.2 Å². The highest BCUT2D eigenvalue weighted by atomic mass is 79.9. The van der Waals surface area contributed by atoms with Crippen molar-refractivity contribution in [1.29, 1.82) is 0 Å². The minimum absolute atomic E-state index is 0.710. The van der Waals surface area contributed by atoms with Crippen molar-refractivity contribution in [3.63, 3.8) is 0 Å². The molecule has 0 aliphatic rings. The van der Waals surface area contributed by atoms with Gasteiger partial charge in [-0.3, -0.25) is 0 Å². The zero-order chi connectivity index (χ0) is 8.27. The second-order valence-electron chi connectivity index (χ2n) is 2.32. The van der Waals surface area contributed by atoms with E-state index in [0.717, 1.165) is 10.2 Å². The van der Waals surface area contributed by atoms with Crippen LogP contribution in [0.15, 0.2) is 22.7 Å². The van der Waals surface area contributed by atoms with Crippen molar-refractivity contribution in [3.8, 4) is 5.75 Å². The lowest BCUT2D eigenvalue weighted by Crippen LogP contribution is -1.92. The fraction of sp³-hybridized carbons (Fsp3) is 0.333. The van der Waals surface area contributed by atoms with E-state index in [1.807, 2.05) is 32.0 Å². The molecule has 0 saturated carbocycles. The third-order valence-electron chi connectivity index (χ3n) is 1.46. The number of benzene rings is 1. The van der Waals surface area contributed by atoms with E-state index in [1.165, 1.54) is 5.56 Å². The molecule has 0 aromatic heterocycles. The van der Waals surface area contributed by atoms with Gasteiger partial charge in [-0.2, -0.15) is 0 Å². The van der Waals surface area contributed by atoms with Gasteiger partial charge >= 0.3 is 0 Å². The quantitative estimate of drug-likeness (QED) is 0.736. The molecule has 1 aromatic carbocycles. The summed E-state index contributed by atoms with van der Waals surface area (Å²) < 4.78 is 6.43. The van der Waals surface area contributed by atoms with Crippen LogP contribution in [0.4, 0.5) is 0 Å². The van der Waals surface area contributed by atoms with Gasteiger partial charge in [0.15, 0.2) is 0 Å². The SMILES string of the molecule is CCOc1cccc(C)c1Br. The van der Waals surface area contributed by atoms with Crippen LogP contribution in [-0.4, -0.2) is 6.61 Å². The lowest BCUT2D eigenvalue weighted by atomic mass is 10.2. The zero-order valence-electron chi connectivity index (χ0n) is 6.73. The number of aryl methyl sites for hydroxylation is 1. The van der Waals surface area contributed by atoms with E-state index >= 15 is 0 Å². The average molecular weight is 215 g/mol. The molecule has 2 heteroatoms. The minimum atomic E-state index is 0.710. The molecule has 0 aliphatic carbocycles. The Balaban J connectivity index is 2.96. The van der Waals surface area contributed by atoms with E-state index in [4.69, 9.17) is 4.74 Å². The van der Waals surface area contributed by atoms with Gasteiger partial charge in [0.05, 0.1) is 11.1 Å². The van der Waals surface area contributed by atoms with Crippen LogP contribution in [-0.2, 0) is 0 Å². The Bertz CT molecular complexity index is 245. The standard InChI is InChI=1S/C9H11BrO/c1-3-11-8-6-4-5-7(2)9(8)10/h4-6H,3H2,1-2H3. The maximum absolute atomic E-state index is 5.37. The first-order valence-electron chi connectivity index (χ1n) is 3.63. The second kappa shape index (κ2) is 3.77. The van der Waals surface area contributed by atoms with Crippen LogP contribution < -0.4 is 4.74 Å². The maximum atomic E-state index is 5.37. The molecule has 0 heterocycles. The van der Waals surface area contributed by atoms with Crippen molar-refractivity contribution >= 4 is 15.9 Å². The Labute approximate surface area is 75.5 Å². The normalized spacial score (nSPS) is 9.73. The molecular weight excluding hydrogens is 204 g/mol. The first-order chi connectivity index (χ1) is 5.25. The highest BCUT2D eigenvalue weighted by Crippen LogP contribution is 2.27. The molecule has 1 nitrogen and oxygen atoms in total. The summed E-state index contributed by atoms with van der Waals surface area (Å²) in [5, 5.41) is 0. The smallest absolute Gasteiger partial charge is 0.133 e. The molecule has 0 unspecified atom stereocenters. The third kappa shape index (κ3) is 1.96. The molecule has 0 saturated heterocycles. The van der Waals surface area contributed by atoms with E-state index in [0.29, 0.717) is 6.61 Å². The molecule has 60 valence electrons. The van der Waals surface area contributed by atoms with Gasteiger partial charge in [0.2, 0.25) is 0 Å². The fourth-order valence-corrected chi connectivity index (χ4v) is 1.27. The lowest BCUT2D eigenvalue weighted by molar-refractivity contribution is 0.338. The average Bonchev–Trinajstić information content (AvgIpc) is 1.99. The molecule has 11 heavy (non-hydrogen) atoms. The number of ether oxygens (including phenoxy) is 1. The first kappa shape index (κ1) is 8.60. The van der Waals surface area contributed by atoms with E-state index in [1.54, 1.807) is 0 Å². The van der Waals surface area contributed by atoms with E-state index in [9.17, 15) is 0 Å². The van der Waals surface area contributed by atoms with Gasteiger partial charge in [-0.25, -0.2) is 0 Å². The third-order valence-corrected chi connectivity index (χ3v) is 2.47. The summed E-state index contributed by atoms with van der Waals surface area (Å²) in [6.45, 7) is 4.74. The molecule has 0 atom stereocenters. The molecule has 0 aliphatic heterocycles. The first-order valence-corrected chi connectivity index (χ1v) is 4.43. The second-order valence-corrected chi connectivity index (χ2v) is 3.11. The van der Waals surface area contributed by atoms with Gasteiger partial charge in [0.1, 0.15) is 5.75 Å². The fourth-order valence-electron chi connectivity index (χ4n) is 0.887. The van der Waals surface area contributed by atoms with Gasteiger partial charge in [-0.1, -0.05) is 12.1 Å². The topological polar surface area (TPSA) is 9.23 Å². The molecule has 0 bridgehead atoms. The summed E-state index contributed by atoms with van der Waals surface area (Å²) in [5.41, 5.74) is 1.20. The Morgan fingerprint density at radius 2 is 2.18 bits per heavy atom. The molecule has 0 fully saturated rings. The van der Waals surface area contributed by atoms with Crippen LogP contribution in [0.2, 0.25) is 0 Å². The molecule has 0 radical (unpaired) electrons. The van der Waals surface area contributed by atoms with Crippen LogP contribution >= 0.6 is 15.9 Å². The highest BCUT2D eigenvalue weighted by Gasteiger charge is 2.00. The van der Waals surface area contributed by atoms with E-state index in [2.05, 4.69) is 15.9 Å². The van der Waals surface area contributed by atoms with Crippen molar-refractivity contribution in [1.82, 2.24) is 0 Å². The molecular formula is C9H11BrO. The van der Waals surface area contributed by atoms with Gasteiger partial charge in [-0.15, -0.1) is 0 Å². The molecule has 0 N–H and O–H groups in total. The van der Waals surface area contributed by atoms with E-state index in [-0.39, 0.29) is 0 Å². The van der Waals surface area contributed by atoms with Crippen molar-refractivity contribution < 1.29 is 4.74 Å². The number of halogens is 1. The number of rotatable bonds is 2. The van der Waals surface area contributed by atoms with E-state index < -0.39 is 0 Å². The molecule has 0 amide bonds. The van der Waals surface area contributed by atoms with Gasteiger partial charge in [-0.05, 0) is 41.4 Å². The summed E-state index contributed by atoms with van der Waals surface area (Å²) in [4.78, 5) is 0. The van der Waals surface area contributed by atoms with Gasteiger partial charge in [0, 0.05) is 0 Å². The summed E-state index contributed by atoms with van der Waals surface area (Å²) in [7, 11) is 0. The highest BCUT2D eigenvalue weighted by molar-refractivity contribution is 9.10. The van der Waals surface area contributed by atoms with Crippen LogP contribution in [0.3, 0.4) is 0 Å². The van der Waals surface area contributed by atoms with Gasteiger partial charge in [0.25, 0.3) is 0 Å². The largest absolute Gasteiger partial charge is 0.493 e. The van der Waals surface area contributed by atoms with Crippen molar-refractivity contribution in [2.75, 3.05) is 6.61 Å². The Morgan fingerprint density at radius 1 is 1.45 bits per heavy atom. The predicted octanol–water partition coefficient (Wildman–Crippen LogP) is 3.16. The number of hydrogen-bond donors (Lipinski definition) is 0. The van der Waals surface area contributed by atoms with Crippen LogP contribution in [0, 0.1) is 6.92 Å². The molecule has 1 aromatic rings. The Kier molecular flexibility index (Phi) is 2.94. The molecule has 1 rings (SSSR count). The van der Waals surface area contributed by atoms with Crippen LogP contribution in [0.1, 0.15) is 12.5 Å². The summed E-state index contributed by atoms with van der Waals surface area (Å²) in [5.74, 6) is 0.924. The molecule has 0 spiro atoms. The predicted molar refractivity (Wildman–Crippen MR) is 50.0 cm³/mol. The van der Waals surface area contributed by atoms with Crippen LogP contribution in [0.5, 0.6) is 5.75 Å². The maximum Gasteiger partial charge on any atom is 0.133 e. The number of hydrogen-bond acceptors (Lipinski definition) is 1. The Morgan fingerprint density at radius 3 is 2.82 bits per heavy atom. The van der Waals surface area contributed by atoms with Crippen molar-refractivity contribution in [2.24, 2.45) is 0 Å². The Hall–Kier alpha value is -0.500. The minimum Gasteiger partial charge on any atom is -0.493 e. The summed E-state index contributed by atoms with van der Waals surface area (Å²) >= 11 is 3.46. The monoisotopic (exact) mass is 214 g/mol. The summed E-state index contributed by atoms with van der Waals surface area (Å²) in [6, 6.07) is 6.00. The van der Waals surface area contributed by atoms with Crippen molar-refractivity contribution in [2.45, 2.75) is 13.8 Å². The summed E-state index contributed by atoms with van der Waals surface area (Å²) in [6.07, 6.45) is 0. The lowest BCUT2D eigenvalue weighted by Gasteiger charge is -2.06. The zero-order valence-corrected chi connectivity index (χ0v) is 8.31. The van der Waals surface area contributed by atoms with Gasteiger partial charge < -0.3 is 4.74 Å². The van der Waals surface area contributed by atoms with Crippen LogP contribution in [0.25, 0.3) is 0 Å².